The second kappa shape index (κ2) is 18.2. The fraction of sp³-hybridized carbons (Fsp3) is 1.00. The summed E-state index contributed by atoms with van der Waals surface area (Å²) in [6, 6.07) is 0. The fourth-order valence-electron chi connectivity index (χ4n) is 3.16. The van der Waals surface area contributed by atoms with Crippen LogP contribution in [0.2, 0.25) is 0 Å². The van der Waals surface area contributed by atoms with E-state index < -0.39 is 16.7 Å². The van der Waals surface area contributed by atoms with Crippen molar-refractivity contribution in [1.29, 1.82) is 0 Å². The zero-order valence-electron chi connectivity index (χ0n) is 17.1. The Bertz CT molecular complexity index is 384. The Morgan fingerprint density at radius 3 is 1.42 bits per heavy atom. The lowest BCUT2D eigenvalue weighted by Gasteiger charge is -2.14. The van der Waals surface area contributed by atoms with Gasteiger partial charge in [0.1, 0.15) is 0 Å². The van der Waals surface area contributed by atoms with Crippen molar-refractivity contribution in [2.24, 2.45) is 0 Å². The molecule has 5 nitrogen and oxygen atoms in total. The Balaban J connectivity index is 3.34. The average molecular weight is 395 g/mol. The van der Waals surface area contributed by atoms with E-state index in [1.165, 1.54) is 77.0 Å². The molecular formula is C20H42O5S. The molecule has 26 heavy (non-hydrogen) atoms. The maximum atomic E-state index is 10.7. The molecule has 0 fully saturated rings. The molecular weight excluding hydrogens is 352 g/mol. The first-order valence-electron chi connectivity index (χ1n) is 10.8. The summed E-state index contributed by atoms with van der Waals surface area (Å²) in [5.41, 5.74) is 0. The molecule has 0 aliphatic carbocycles. The van der Waals surface area contributed by atoms with Crippen molar-refractivity contribution in [3.8, 4) is 0 Å². The summed E-state index contributed by atoms with van der Waals surface area (Å²) < 4.78 is 39.8. The van der Waals surface area contributed by atoms with Gasteiger partial charge in [-0.05, 0) is 19.8 Å². The Morgan fingerprint density at radius 2 is 1.08 bits per heavy atom. The van der Waals surface area contributed by atoms with Crippen LogP contribution in [0.1, 0.15) is 117 Å². The lowest BCUT2D eigenvalue weighted by molar-refractivity contribution is -0.0819. The second-order valence-corrected chi connectivity index (χ2v) is 8.20. The summed E-state index contributed by atoms with van der Waals surface area (Å²) in [5, 5.41) is 0. The summed E-state index contributed by atoms with van der Waals surface area (Å²) in [6.07, 6.45) is 19.0. The minimum absolute atomic E-state index is 0.360. The van der Waals surface area contributed by atoms with E-state index in [1.807, 2.05) is 0 Å². The molecule has 0 rings (SSSR count). The van der Waals surface area contributed by atoms with Gasteiger partial charge >= 0.3 is 10.4 Å². The molecule has 1 unspecified atom stereocenters. The van der Waals surface area contributed by atoms with Crippen LogP contribution in [-0.2, 0) is 19.3 Å². The Morgan fingerprint density at radius 1 is 0.692 bits per heavy atom. The first-order chi connectivity index (χ1) is 12.5. The van der Waals surface area contributed by atoms with Crippen molar-refractivity contribution in [1.82, 2.24) is 0 Å². The third-order valence-electron chi connectivity index (χ3n) is 4.62. The normalized spacial score (nSPS) is 13.2. The molecule has 0 aromatic carbocycles. The van der Waals surface area contributed by atoms with Crippen LogP contribution in [0, 0.1) is 0 Å². The quantitative estimate of drug-likeness (QED) is 0.146. The van der Waals surface area contributed by atoms with E-state index in [-0.39, 0.29) is 0 Å². The molecule has 0 bridgehead atoms. The van der Waals surface area contributed by atoms with Gasteiger partial charge in [0.05, 0.1) is 0 Å². The number of hydrogen-bond acceptors (Lipinski definition) is 4. The van der Waals surface area contributed by atoms with E-state index in [0.717, 1.165) is 19.3 Å². The van der Waals surface area contributed by atoms with Gasteiger partial charge in [-0.3, -0.25) is 4.55 Å². The topological polar surface area (TPSA) is 72.8 Å². The Labute approximate surface area is 162 Å². The van der Waals surface area contributed by atoms with Gasteiger partial charge in [0, 0.05) is 6.61 Å². The first-order valence-corrected chi connectivity index (χ1v) is 12.1. The second-order valence-electron chi connectivity index (χ2n) is 7.15. The minimum atomic E-state index is -4.44. The van der Waals surface area contributed by atoms with Crippen LogP contribution in [0.5, 0.6) is 0 Å². The van der Waals surface area contributed by atoms with Gasteiger partial charge < -0.3 is 4.74 Å². The maximum absolute atomic E-state index is 10.7. The van der Waals surface area contributed by atoms with Gasteiger partial charge in [-0.15, -0.1) is 0 Å². The predicted molar refractivity (Wildman–Crippen MR) is 108 cm³/mol. The van der Waals surface area contributed by atoms with E-state index in [1.54, 1.807) is 6.92 Å². The van der Waals surface area contributed by atoms with Crippen molar-refractivity contribution in [2.45, 2.75) is 123 Å². The summed E-state index contributed by atoms with van der Waals surface area (Å²) in [7, 11) is -4.44. The monoisotopic (exact) mass is 394 g/mol. The van der Waals surface area contributed by atoms with Crippen molar-refractivity contribution < 1.29 is 21.9 Å². The highest BCUT2D eigenvalue weighted by Gasteiger charge is 2.16. The molecule has 6 heteroatoms. The Kier molecular flexibility index (Phi) is 18.1. The highest BCUT2D eigenvalue weighted by molar-refractivity contribution is 7.80. The minimum Gasteiger partial charge on any atom is -0.352 e. The molecule has 0 saturated carbocycles. The molecule has 0 amide bonds. The third-order valence-corrected chi connectivity index (χ3v) is 5.08. The number of rotatable bonds is 20. The van der Waals surface area contributed by atoms with Crippen molar-refractivity contribution >= 4 is 10.4 Å². The van der Waals surface area contributed by atoms with E-state index in [4.69, 9.17) is 9.29 Å². The smallest absolute Gasteiger partial charge is 0.352 e. The zero-order valence-corrected chi connectivity index (χ0v) is 17.9. The average Bonchev–Trinajstić information content (AvgIpc) is 2.57. The van der Waals surface area contributed by atoms with Crippen molar-refractivity contribution in [3.63, 3.8) is 0 Å². The van der Waals surface area contributed by atoms with E-state index >= 15 is 0 Å². The summed E-state index contributed by atoms with van der Waals surface area (Å²) in [6.45, 7) is 4.39. The molecule has 0 heterocycles. The van der Waals surface area contributed by atoms with Crippen LogP contribution in [0.3, 0.4) is 0 Å². The van der Waals surface area contributed by atoms with E-state index in [0.29, 0.717) is 13.0 Å². The van der Waals surface area contributed by atoms with Gasteiger partial charge in [-0.1, -0.05) is 96.8 Å². The van der Waals surface area contributed by atoms with E-state index in [2.05, 4.69) is 11.1 Å². The van der Waals surface area contributed by atoms with Crippen LogP contribution >= 0.6 is 0 Å². The number of ether oxygens (including phenoxy) is 1. The summed E-state index contributed by atoms with van der Waals surface area (Å²) in [5.74, 6) is 0. The summed E-state index contributed by atoms with van der Waals surface area (Å²) >= 11 is 0. The predicted octanol–water partition coefficient (Wildman–Crippen LogP) is 6.43. The van der Waals surface area contributed by atoms with Crippen LogP contribution < -0.4 is 0 Å². The standard InChI is InChI=1S/C20H42O5S/c1-3-5-6-7-8-9-10-11-12-13-14-15-16-17-18-19-20(24-4-2)25-26(21,22)23/h20H,3-19H2,1-2H3,(H,21,22,23). The maximum Gasteiger partial charge on any atom is 0.399 e. The molecule has 0 aliphatic rings. The van der Waals surface area contributed by atoms with Crippen LogP contribution in [-0.4, -0.2) is 25.9 Å². The van der Waals surface area contributed by atoms with Crippen LogP contribution in [0.25, 0.3) is 0 Å². The van der Waals surface area contributed by atoms with Crippen molar-refractivity contribution in [2.75, 3.05) is 6.61 Å². The first kappa shape index (κ1) is 25.8. The van der Waals surface area contributed by atoms with Gasteiger partial charge in [-0.2, -0.15) is 8.42 Å². The third kappa shape index (κ3) is 20.1. The molecule has 0 radical (unpaired) electrons. The molecule has 0 spiro atoms. The summed E-state index contributed by atoms with van der Waals surface area (Å²) in [4.78, 5) is 0. The molecule has 0 saturated heterocycles. The highest BCUT2D eigenvalue weighted by atomic mass is 32.3. The molecule has 1 atom stereocenters. The van der Waals surface area contributed by atoms with Crippen LogP contribution in [0.15, 0.2) is 0 Å². The fourth-order valence-corrected chi connectivity index (χ4v) is 3.59. The van der Waals surface area contributed by atoms with Gasteiger partial charge in [0.2, 0.25) is 0 Å². The number of hydrogen-bond donors (Lipinski definition) is 1. The van der Waals surface area contributed by atoms with Gasteiger partial charge in [0.25, 0.3) is 0 Å². The number of unbranched alkanes of at least 4 members (excludes halogenated alkanes) is 14. The molecule has 158 valence electrons. The molecule has 0 aromatic heterocycles. The van der Waals surface area contributed by atoms with Gasteiger partial charge in [-0.25, -0.2) is 4.18 Å². The largest absolute Gasteiger partial charge is 0.399 e. The molecule has 1 N–H and O–H groups in total. The Hall–Kier alpha value is -0.170. The van der Waals surface area contributed by atoms with Crippen molar-refractivity contribution in [3.05, 3.63) is 0 Å². The SMILES string of the molecule is CCCCCCCCCCCCCCCCCC(OCC)OS(=O)(=O)O. The lowest BCUT2D eigenvalue weighted by Crippen LogP contribution is -2.21. The lowest BCUT2D eigenvalue weighted by atomic mass is 10.0. The highest BCUT2D eigenvalue weighted by Crippen LogP contribution is 2.15. The van der Waals surface area contributed by atoms with E-state index in [9.17, 15) is 8.42 Å². The van der Waals surface area contributed by atoms with Crippen LogP contribution in [0.4, 0.5) is 0 Å². The van der Waals surface area contributed by atoms with Gasteiger partial charge in [0.15, 0.2) is 6.29 Å². The molecule has 0 aliphatic heterocycles. The molecule has 0 aromatic rings. The zero-order chi connectivity index (χ0) is 19.5.